The zero-order valence-corrected chi connectivity index (χ0v) is 8.83. The fourth-order valence-corrected chi connectivity index (χ4v) is 1.83. The third-order valence-electron chi connectivity index (χ3n) is 2.65. The summed E-state index contributed by atoms with van der Waals surface area (Å²) in [6, 6.07) is 3.94. The van der Waals surface area contributed by atoms with Gasteiger partial charge >= 0.3 is 5.88 Å². The molecule has 1 saturated heterocycles. The number of nitrogens with zero attached hydrogens (tertiary/aromatic N) is 3. The van der Waals surface area contributed by atoms with E-state index < -0.39 is 22.8 Å². The highest BCUT2D eigenvalue weighted by atomic mass is 16.6. The van der Waals surface area contributed by atoms with Gasteiger partial charge in [0.25, 0.3) is 5.91 Å². The number of carbonyl (C=O) groups excluding carboxylic acids is 1. The largest absolute Gasteiger partial charge is 0.433 e. The normalized spacial score (nSPS) is 19.0. The highest BCUT2D eigenvalue weighted by Crippen LogP contribution is 2.22. The van der Waals surface area contributed by atoms with Gasteiger partial charge in [0.15, 0.2) is 5.76 Å². The molecule has 1 amide bonds. The van der Waals surface area contributed by atoms with E-state index in [0.29, 0.717) is 13.0 Å². The molecule has 1 aromatic heterocycles. The van der Waals surface area contributed by atoms with Gasteiger partial charge in [0.1, 0.15) is 11.0 Å². The van der Waals surface area contributed by atoms with Crippen LogP contribution in [0.3, 0.4) is 0 Å². The Balaban J connectivity index is 2.19. The fourth-order valence-electron chi connectivity index (χ4n) is 1.83. The van der Waals surface area contributed by atoms with E-state index >= 15 is 0 Å². The first-order valence-corrected chi connectivity index (χ1v) is 5.08. The summed E-state index contributed by atoms with van der Waals surface area (Å²) in [5.41, 5.74) is 0. The first-order chi connectivity index (χ1) is 8.13. The number of hydrogen-bond acceptors (Lipinski definition) is 5. The van der Waals surface area contributed by atoms with Crippen LogP contribution < -0.4 is 0 Å². The molecule has 0 bridgehead atoms. The van der Waals surface area contributed by atoms with Gasteiger partial charge in [-0.25, -0.2) is 0 Å². The van der Waals surface area contributed by atoms with Crippen LogP contribution in [0, 0.1) is 21.4 Å². The van der Waals surface area contributed by atoms with Crippen molar-refractivity contribution in [2.24, 2.45) is 0 Å². The minimum absolute atomic E-state index is 0.0983. The van der Waals surface area contributed by atoms with Gasteiger partial charge < -0.3 is 9.32 Å². The van der Waals surface area contributed by atoms with E-state index in [1.807, 2.05) is 6.07 Å². The summed E-state index contributed by atoms with van der Waals surface area (Å²) in [6.45, 7) is 0.478. The van der Waals surface area contributed by atoms with Crippen molar-refractivity contribution in [3.8, 4) is 6.07 Å². The van der Waals surface area contributed by atoms with Gasteiger partial charge in [0.05, 0.1) is 12.1 Å². The molecule has 0 aliphatic carbocycles. The lowest BCUT2D eigenvalue weighted by Crippen LogP contribution is -2.34. The van der Waals surface area contributed by atoms with Gasteiger partial charge in [-0.2, -0.15) is 5.26 Å². The molecule has 1 aromatic rings. The molecule has 1 fully saturated rings. The molecular weight excluding hydrogens is 226 g/mol. The van der Waals surface area contributed by atoms with Gasteiger partial charge in [-0.05, 0) is 18.9 Å². The Bertz CT molecular complexity index is 502. The minimum atomic E-state index is -0.706. The van der Waals surface area contributed by atoms with Crippen LogP contribution in [-0.4, -0.2) is 28.3 Å². The van der Waals surface area contributed by atoms with Crippen molar-refractivity contribution in [3.05, 3.63) is 28.0 Å². The second-order valence-electron chi connectivity index (χ2n) is 3.68. The summed E-state index contributed by atoms with van der Waals surface area (Å²) in [5.74, 6) is -1.04. The molecule has 7 nitrogen and oxygen atoms in total. The Labute approximate surface area is 96.4 Å². The highest BCUT2D eigenvalue weighted by Gasteiger charge is 2.31. The maximum absolute atomic E-state index is 11.9. The third kappa shape index (κ3) is 1.97. The van der Waals surface area contributed by atoms with Gasteiger partial charge in [-0.15, -0.1) is 0 Å². The van der Waals surface area contributed by atoms with E-state index in [2.05, 4.69) is 0 Å². The molecule has 1 atom stereocenters. The van der Waals surface area contributed by atoms with Crippen molar-refractivity contribution < 1.29 is 14.1 Å². The van der Waals surface area contributed by atoms with E-state index in [9.17, 15) is 14.9 Å². The third-order valence-corrected chi connectivity index (χ3v) is 2.65. The SMILES string of the molecule is N#CC1CCCN1C(=O)c1ccc([N+](=O)[O-])o1. The van der Waals surface area contributed by atoms with Crippen LogP contribution in [0.2, 0.25) is 0 Å². The molecule has 2 heterocycles. The van der Waals surface area contributed by atoms with Crippen molar-refractivity contribution in [2.45, 2.75) is 18.9 Å². The van der Waals surface area contributed by atoms with Crippen LogP contribution in [-0.2, 0) is 0 Å². The predicted octanol–water partition coefficient (Wildman–Crippen LogP) is 1.32. The average Bonchev–Trinajstić information content (AvgIpc) is 2.96. The van der Waals surface area contributed by atoms with Crippen molar-refractivity contribution >= 4 is 11.8 Å². The molecule has 1 aliphatic heterocycles. The van der Waals surface area contributed by atoms with Gasteiger partial charge in [0.2, 0.25) is 0 Å². The molecule has 88 valence electrons. The second kappa shape index (κ2) is 4.25. The molecule has 0 spiro atoms. The van der Waals surface area contributed by atoms with Crippen LogP contribution in [0.5, 0.6) is 0 Å². The molecule has 1 unspecified atom stereocenters. The maximum Gasteiger partial charge on any atom is 0.433 e. The van der Waals surface area contributed by atoms with Crippen LogP contribution in [0.25, 0.3) is 0 Å². The summed E-state index contributed by atoms with van der Waals surface area (Å²) in [5, 5.41) is 19.3. The number of nitriles is 1. The Morgan fingerprint density at radius 1 is 1.65 bits per heavy atom. The summed E-state index contributed by atoms with van der Waals surface area (Å²) in [4.78, 5) is 23.0. The molecule has 0 N–H and O–H groups in total. The van der Waals surface area contributed by atoms with E-state index in [1.165, 1.54) is 11.0 Å². The lowest BCUT2D eigenvalue weighted by atomic mass is 10.2. The first kappa shape index (κ1) is 11.1. The van der Waals surface area contributed by atoms with Crippen LogP contribution >= 0.6 is 0 Å². The topological polar surface area (TPSA) is 100 Å². The number of amides is 1. The quantitative estimate of drug-likeness (QED) is 0.568. The Morgan fingerprint density at radius 2 is 2.41 bits per heavy atom. The smallest absolute Gasteiger partial charge is 0.395 e. The van der Waals surface area contributed by atoms with E-state index in [1.54, 1.807) is 0 Å². The Morgan fingerprint density at radius 3 is 3.00 bits per heavy atom. The summed E-state index contributed by atoms with van der Waals surface area (Å²) in [7, 11) is 0. The number of furan rings is 1. The molecule has 0 radical (unpaired) electrons. The van der Waals surface area contributed by atoms with Crippen LogP contribution in [0.15, 0.2) is 16.5 Å². The molecular formula is C10H9N3O4. The van der Waals surface area contributed by atoms with Crippen molar-refractivity contribution in [3.63, 3.8) is 0 Å². The molecule has 0 saturated carbocycles. The minimum Gasteiger partial charge on any atom is -0.395 e. The maximum atomic E-state index is 11.9. The number of nitro groups is 1. The lowest BCUT2D eigenvalue weighted by molar-refractivity contribution is -0.402. The van der Waals surface area contributed by atoms with Crippen molar-refractivity contribution in [1.29, 1.82) is 5.26 Å². The Hall–Kier alpha value is -2.36. The van der Waals surface area contributed by atoms with Gasteiger partial charge in [-0.3, -0.25) is 14.9 Å². The van der Waals surface area contributed by atoms with Crippen LogP contribution in [0.4, 0.5) is 5.88 Å². The van der Waals surface area contributed by atoms with Crippen molar-refractivity contribution in [2.75, 3.05) is 6.54 Å². The zero-order chi connectivity index (χ0) is 12.4. The van der Waals surface area contributed by atoms with Gasteiger partial charge in [0, 0.05) is 6.54 Å². The lowest BCUT2D eigenvalue weighted by Gasteiger charge is -2.17. The highest BCUT2D eigenvalue weighted by molar-refractivity contribution is 5.92. The van der Waals surface area contributed by atoms with Crippen LogP contribution in [0.1, 0.15) is 23.4 Å². The Kier molecular flexibility index (Phi) is 2.78. The fraction of sp³-hybridized carbons (Fsp3) is 0.400. The number of hydrogen-bond donors (Lipinski definition) is 0. The number of likely N-dealkylation sites (tertiary alicyclic amines) is 1. The van der Waals surface area contributed by atoms with Gasteiger partial charge in [-0.1, -0.05) is 0 Å². The predicted molar refractivity (Wildman–Crippen MR) is 55.0 cm³/mol. The summed E-state index contributed by atoms with van der Waals surface area (Å²) >= 11 is 0. The molecule has 17 heavy (non-hydrogen) atoms. The second-order valence-corrected chi connectivity index (χ2v) is 3.68. The number of carbonyl (C=O) groups is 1. The molecule has 2 rings (SSSR count). The summed E-state index contributed by atoms with van der Waals surface area (Å²) in [6.07, 6.45) is 1.39. The van der Waals surface area contributed by atoms with E-state index in [-0.39, 0.29) is 5.76 Å². The first-order valence-electron chi connectivity index (χ1n) is 5.08. The summed E-state index contributed by atoms with van der Waals surface area (Å²) < 4.78 is 4.81. The number of rotatable bonds is 2. The molecule has 1 aliphatic rings. The standard InChI is InChI=1S/C10H9N3O4/c11-6-7-2-1-5-12(7)10(14)8-3-4-9(17-8)13(15)16/h3-4,7H,1-2,5H2. The van der Waals surface area contributed by atoms with E-state index in [4.69, 9.17) is 9.68 Å². The van der Waals surface area contributed by atoms with Crippen molar-refractivity contribution in [1.82, 2.24) is 4.90 Å². The molecule has 7 heteroatoms. The zero-order valence-electron chi connectivity index (χ0n) is 8.83. The average molecular weight is 235 g/mol. The molecule has 0 aromatic carbocycles. The van der Waals surface area contributed by atoms with E-state index in [0.717, 1.165) is 12.5 Å². The monoisotopic (exact) mass is 235 g/mol.